The summed E-state index contributed by atoms with van der Waals surface area (Å²) < 4.78 is 5.59. The van der Waals surface area contributed by atoms with E-state index in [0.717, 1.165) is 23.1 Å². The van der Waals surface area contributed by atoms with Crippen molar-refractivity contribution in [2.24, 2.45) is 0 Å². The first-order valence-corrected chi connectivity index (χ1v) is 5.93. The molecule has 0 aromatic carbocycles. The van der Waals surface area contributed by atoms with Gasteiger partial charge in [0, 0.05) is 0 Å². The van der Waals surface area contributed by atoms with Gasteiger partial charge in [-0.15, -0.1) is 17.9 Å². The highest BCUT2D eigenvalue weighted by atomic mass is 32.1. The third-order valence-electron chi connectivity index (χ3n) is 2.10. The molecule has 0 spiro atoms. The van der Waals surface area contributed by atoms with Crippen molar-refractivity contribution in [3.05, 3.63) is 24.1 Å². The molecule has 0 saturated heterocycles. The minimum absolute atomic E-state index is 0.258. The summed E-state index contributed by atoms with van der Waals surface area (Å²) in [7, 11) is 0. The molecule has 0 aliphatic carbocycles. The van der Waals surface area contributed by atoms with Crippen LogP contribution in [0.25, 0.3) is 10.2 Å². The minimum atomic E-state index is 0.258. The number of ether oxygens (including phenoxy) is 1. The van der Waals surface area contributed by atoms with Crippen LogP contribution in [0.4, 0.5) is 5.95 Å². The van der Waals surface area contributed by atoms with Gasteiger partial charge in [0.15, 0.2) is 0 Å². The number of nitrogens with zero attached hydrogens (tertiary/aromatic N) is 2. The number of allylic oxidation sites excluding steroid dienone is 1. The molecular formula is C11H13N3OS. The Balaban J connectivity index is 2.15. The normalized spacial score (nSPS) is 10.5. The molecule has 0 fully saturated rings. The maximum Gasteiger partial charge on any atom is 0.227 e. The summed E-state index contributed by atoms with van der Waals surface area (Å²) in [5, 5.41) is 2.88. The van der Waals surface area contributed by atoms with Crippen molar-refractivity contribution in [2.45, 2.75) is 12.8 Å². The molecule has 16 heavy (non-hydrogen) atoms. The fraction of sp³-hybridized carbons (Fsp3) is 0.273. The van der Waals surface area contributed by atoms with Gasteiger partial charge in [0.05, 0.1) is 12.0 Å². The zero-order chi connectivity index (χ0) is 11.4. The van der Waals surface area contributed by atoms with Crippen LogP contribution in [0.1, 0.15) is 12.8 Å². The second-order valence-electron chi connectivity index (χ2n) is 3.31. The van der Waals surface area contributed by atoms with Gasteiger partial charge in [-0.25, -0.2) is 4.98 Å². The lowest BCUT2D eigenvalue weighted by atomic mass is 10.3. The number of rotatable bonds is 5. The first-order chi connectivity index (χ1) is 7.81. The molecule has 2 aromatic heterocycles. The predicted octanol–water partition coefficient (Wildman–Crippen LogP) is 2.62. The van der Waals surface area contributed by atoms with E-state index in [4.69, 9.17) is 10.5 Å². The summed E-state index contributed by atoms with van der Waals surface area (Å²) in [6.45, 7) is 4.28. The average Bonchev–Trinajstić information content (AvgIpc) is 2.72. The zero-order valence-electron chi connectivity index (χ0n) is 8.85. The van der Waals surface area contributed by atoms with Crippen LogP contribution in [0.15, 0.2) is 24.1 Å². The minimum Gasteiger partial charge on any atom is -0.477 e. The van der Waals surface area contributed by atoms with E-state index in [1.807, 2.05) is 17.5 Å². The highest BCUT2D eigenvalue weighted by Gasteiger charge is 2.07. The van der Waals surface area contributed by atoms with Gasteiger partial charge in [0.25, 0.3) is 0 Å². The lowest BCUT2D eigenvalue weighted by Crippen LogP contribution is -2.02. The molecule has 2 aromatic rings. The molecule has 0 unspecified atom stereocenters. The van der Waals surface area contributed by atoms with Gasteiger partial charge in [0.1, 0.15) is 4.83 Å². The summed E-state index contributed by atoms with van der Waals surface area (Å²) in [6.07, 6.45) is 3.74. The van der Waals surface area contributed by atoms with E-state index in [9.17, 15) is 0 Å². The van der Waals surface area contributed by atoms with Crippen LogP contribution in [0, 0.1) is 0 Å². The largest absolute Gasteiger partial charge is 0.477 e. The van der Waals surface area contributed by atoms with Crippen LogP contribution in [0.5, 0.6) is 5.88 Å². The molecule has 4 nitrogen and oxygen atoms in total. The van der Waals surface area contributed by atoms with Gasteiger partial charge in [-0.05, 0) is 24.3 Å². The number of thiophene rings is 1. The molecule has 0 aliphatic heterocycles. The smallest absolute Gasteiger partial charge is 0.227 e. The van der Waals surface area contributed by atoms with E-state index < -0.39 is 0 Å². The molecule has 0 amide bonds. The summed E-state index contributed by atoms with van der Waals surface area (Å²) in [6, 6.07) is 1.95. The molecule has 5 heteroatoms. The first kappa shape index (κ1) is 10.9. The van der Waals surface area contributed by atoms with Gasteiger partial charge in [-0.2, -0.15) is 4.98 Å². The number of aromatic nitrogens is 2. The Morgan fingerprint density at radius 2 is 2.38 bits per heavy atom. The molecule has 0 saturated carbocycles. The van der Waals surface area contributed by atoms with Crippen molar-refractivity contribution in [2.75, 3.05) is 12.3 Å². The Kier molecular flexibility index (Phi) is 3.36. The van der Waals surface area contributed by atoms with E-state index in [2.05, 4.69) is 16.5 Å². The lowest BCUT2D eigenvalue weighted by molar-refractivity contribution is 0.304. The Morgan fingerprint density at radius 1 is 1.50 bits per heavy atom. The maximum atomic E-state index is 5.60. The van der Waals surface area contributed by atoms with Crippen LogP contribution in [0.2, 0.25) is 0 Å². The molecule has 0 radical (unpaired) electrons. The number of nitrogen functional groups attached to an aromatic ring is 1. The summed E-state index contributed by atoms with van der Waals surface area (Å²) in [5.41, 5.74) is 5.60. The van der Waals surface area contributed by atoms with E-state index in [1.54, 1.807) is 0 Å². The first-order valence-electron chi connectivity index (χ1n) is 5.05. The van der Waals surface area contributed by atoms with Crippen molar-refractivity contribution < 1.29 is 4.74 Å². The van der Waals surface area contributed by atoms with Crippen LogP contribution in [-0.4, -0.2) is 16.6 Å². The average molecular weight is 235 g/mol. The van der Waals surface area contributed by atoms with E-state index in [-0.39, 0.29) is 5.95 Å². The molecule has 84 valence electrons. The Morgan fingerprint density at radius 3 is 3.19 bits per heavy atom. The van der Waals surface area contributed by atoms with Gasteiger partial charge >= 0.3 is 0 Å². The third kappa shape index (κ3) is 2.30. The van der Waals surface area contributed by atoms with Crippen LogP contribution in [-0.2, 0) is 0 Å². The van der Waals surface area contributed by atoms with Crippen molar-refractivity contribution in [1.82, 2.24) is 9.97 Å². The molecule has 2 N–H and O–H groups in total. The maximum absolute atomic E-state index is 5.60. The molecule has 0 aliphatic rings. The van der Waals surface area contributed by atoms with E-state index in [0.29, 0.717) is 12.5 Å². The molecule has 0 atom stereocenters. The molecular weight excluding hydrogens is 222 g/mol. The summed E-state index contributed by atoms with van der Waals surface area (Å²) >= 11 is 1.53. The second kappa shape index (κ2) is 4.94. The van der Waals surface area contributed by atoms with Gasteiger partial charge in [-0.1, -0.05) is 6.08 Å². The molecule has 2 heterocycles. The standard InChI is InChI=1S/C11H13N3OS/c1-2-3-4-6-15-9-8-5-7-16-10(8)14-11(12)13-9/h2,5,7H,1,3-4,6H2,(H2,12,13,14). The van der Waals surface area contributed by atoms with Gasteiger partial charge < -0.3 is 10.5 Å². The predicted molar refractivity (Wildman–Crippen MR) is 66.8 cm³/mol. The van der Waals surface area contributed by atoms with Crippen molar-refractivity contribution in [1.29, 1.82) is 0 Å². The van der Waals surface area contributed by atoms with Crippen molar-refractivity contribution in [3.63, 3.8) is 0 Å². The number of hydrogen-bond donors (Lipinski definition) is 1. The highest BCUT2D eigenvalue weighted by Crippen LogP contribution is 2.27. The Bertz CT molecular complexity index is 495. The number of unbranched alkanes of at least 4 members (excludes halogenated alkanes) is 1. The fourth-order valence-electron chi connectivity index (χ4n) is 1.35. The number of nitrogens with two attached hydrogens (primary N) is 1. The third-order valence-corrected chi connectivity index (χ3v) is 2.91. The van der Waals surface area contributed by atoms with Crippen molar-refractivity contribution in [3.8, 4) is 5.88 Å². The second-order valence-corrected chi connectivity index (χ2v) is 4.20. The molecule has 0 bridgehead atoms. The topological polar surface area (TPSA) is 61.0 Å². The zero-order valence-corrected chi connectivity index (χ0v) is 9.67. The molecule has 2 rings (SSSR count). The Labute approximate surface area is 97.8 Å². The monoisotopic (exact) mass is 235 g/mol. The number of fused-ring (bicyclic) bond motifs is 1. The summed E-state index contributed by atoms with van der Waals surface area (Å²) in [4.78, 5) is 9.09. The lowest BCUT2D eigenvalue weighted by Gasteiger charge is -2.05. The quantitative estimate of drug-likeness (QED) is 0.639. The van der Waals surface area contributed by atoms with Crippen LogP contribution >= 0.6 is 11.3 Å². The Hall–Kier alpha value is -1.62. The highest BCUT2D eigenvalue weighted by molar-refractivity contribution is 7.16. The summed E-state index contributed by atoms with van der Waals surface area (Å²) in [5.74, 6) is 0.835. The number of anilines is 1. The van der Waals surface area contributed by atoms with Gasteiger partial charge in [0.2, 0.25) is 11.8 Å². The number of hydrogen-bond acceptors (Lipinski definition) is 5. The van der Waals surface area contributed by atoms with Crippen molar-refractivity contribution >= 4 is 27.5 Å². The van der Waals surface area contributed by atoms with Crippen LogP contribution in [0.3, 0.4) is 0 Å². The SMILES string of the molecule is C=CCCCOc1nc(N)nc2sccc12. The van der Waals surface area contributed by atoms with E-state index >= 15 is 0 Å². The van der Waals surface area contributed by atoms with Gasteiger partial charge in [-0.3, -0.25) is 0 Å². The van der Waals surface area contributed by atoms with E-state index in [1.165, 1.54) is 11.3 Å². The van der Waals surface area contributed by atoms with Crippen LogP contribution < -0.4 is 10.5 Å². The fourth-order valence-corrected chi connectivity index (χ4v) is 2.11.